The fourth-order valence-corrected chi connectivity index (χ4v) is 2.78. The molecular formula is C19H19NO7S. The van der Waals surface area contributed by atoms with Gasteiger partial charge in [0.15, 0.2) is 16.4 Å². The topological polar surface area (TPSA) is 116 Å². The summed E-state index contributed by atoms with van der Waals surface area (Å²) in [4.78, 5) is 35.5. The average molecular weight is 405 g/mol. The Labute approximate surface area is 162 Å². The average Bonchev–Trinajstić information content (AvgIpc) is 2.66. The minimum Gasteiger partial charge on any atom is -0.462 e. The number of ether oxygens (including phenoxy) is 2. The predicted molar refractivity (Wildman–Crippen MR) is 101 cm³/mol. The van der Waals surface area contributed by atoms with Gasteiger partial charge >= 0.3 is 11.9 Å². The summed E-state index contributed by atoms with van der Waals surface area (Å²) < 4.78 is 32.6. The van der Waals surface area contributed by atoms with Gasteiger partial charge in [0.25, 0.3) is 5.91 Å². The molecule has 0 spiro atoms. The molecule has 2 rings (SSSR count). The molecule has 0 fully saturated rings. The number of esters is 2. The van der Waals surface area contributed by atoms with E-state index in [0.717, 1.165) is 6.26 Å². The van der Waals surface area contributed by atoms with Crippen LogP contribution in [-0.4, -0.2) is 45.7 Å². The van der Waals surface area contributed by atoms with Gasteiger partial charge in [-0.25, -0.2) is 18.0 Å². The third-order valence-corrected chi connectivity index (χ3v) is 4.66. The number of carbonyl (C=O) groups excluding carboxylic acids is 3. The standard InChI is InChI=1S/C19H19NO7S/c1-3-26-18(22)13-4-8-15(9-5-13)20-17(21)12-27-19(23)14-6-10-16(11-7-14)28(2,24)25/h4-11H,3,12H2,1-2H3,(H,20,21). The van der Waals surface area contributed by atoms with Crippen LogP contribution >= 0.6 is 0 Å². The Morgan fingerprint density at radius 2 is 1.36 bits per heavy atom. The molecule has 0 aliphatic rings. The van der Waals surface area contributed by atoms with Gasteiger partial charge in [-0.3, -0.25) is 4.79 Å². The van der Waals surface area contributed by atoms with Crippen molar-refractivity contribution < 1.29 is 32.3 Å². The molecule has 0 aromatic heterocycles. The van der Waals surface area contributed by atoms with Crippen molar-refractivity contribution in [1.29, 1.82) is 0 Å². The lowest BCUT2D eigenvalue weighted by atomic mass is 10.2. The summed E-state index contributed by atoms with van der Waals surface area (Å²) in [5, 5.41) is 2.53. The van der Waals surface area contributed by atoms with Gasteiger partial charge in [-0.05, 0) is 55.5 Å². The quantitative estimate of drug-likeness (QED) is 0.701. The first kappa shape index (κ1) is 21.1. The zero-order valence-electron chi connectivity index (χ0n) is 15.3. The van der Waals surface area contributed by atoms with E-state index in [9.17, 15) is 22.8 Å². The maximum absolute atomic E-state index is 11.9. The first-order valence-corrected chi connectivity index (χ1v) is 10.1. The number of hydrogen-bond donors (Lipinski definition) is 1. The molecule has 0 unspecified atom stereocenters. The third-order valence-electron chi connectivity index (χ3n) is 3.53. The second-order valence-electron chi connectivity index (χ2n) is 5.72. The Morgan fingerprint density at radius 1 is 0.857 bits per heavy atom. The van der Waals surface area contributed by atoms with E-state index >= 15 is 0 Å². The Morgan fingerprint density at radius 3 is 1.86 bits per heavy atom. The van der Waals surface area contributed by atoms with Crippen LogP contribution in [0.5, 0.6) is 0 Å². The van der Waals surface area contributed by atoms with E-state index in [4.69, 9.17) is 9.47 Å². The fourth-order valence-electron chi connectivity index (χ4n) is 2.15. The summed E-state index contributed by atoms with van der Waals surface area (Å²) in [5.41, 5.74) is 0.898. The number of benzene rings is 2. The molecule has 2 aromatic carbocycles. The maximum Gasteiger partial charge on any atom is 0.338 e. The molecule has 0 bridgehead atoms. The van der Waals surface area contributed by atoms with Crippen molar-refractivity contribution >= 4 is 33.4 Å². The SMILES string of the molecule is CCOC(=O)c1ccc(NC(=O)COC(=O)c2ccc(S(C)(=O)=O)cc2)cc1. The van der Waals surface area contributed by atoms with Crippen LogP contribution in [-0.2, 0) is 24.1 Å². The molecule has 9 heteroatoms. The van der Waals surface area contributed by atoms with Crippen molar-refractivity contribution in [2.24, 2.45) is 0 Å². The Balaban J connectivity index is 1.88. The summed E-state index contributed by atoms with van der Waals surface area (Å²) in [6.07, 6.45) is 1.06. The third kappa shape index (κ3) is 5.92. The van der Waals surface area contributed by atoms with Crippen LogP contribution in [0.3, 0.4) is 0 Å². The van der Waals surface area contributed by atoms with E-state index in [1.165, 1.54) is 48.5 Å². The zero-order valence-corrected chi connectivity index (χ0v) is 16.1. The number of sulfone groups is 1. The molecule has 0 saturated heterocycles. The van der Waals surface area contributed by atoms with Gasteiger partial charge in [-0.1, -0.05) is 0 Å². The number of nitrogens with one attached hydrogen (secondary N) is 1. The van der Waals surface area contributed by atoms with Crippen molar-refractivity contribution in [3.63, 3.8) is 0 Å². The number of anilines is 1. The summed E-state index contributed by atoms with van der Waals surface area (Å²) in [7, 11) is -3.36. The molecule has 1 N–H and O–H groups in total. The molecule has 2 aromatic rings. The fraction of sp³-hybridized carbons (Fsp3) is 0.211. The highest BCUT2D eigenvalue weighted by molar-refractivity contribution is 7.90. The summed E-state index contributed by atoms with van der Waals surface area (Å²) in [6.45, 7) is 1.44. The maximum atomic E-state index is 11.9. The molecular weight excluding hydrogens is 386 g/mol. The van der Waals surface area contributed by atoms with Crippen LogP contribution in [0, 0.1) is 0 Å². The molecule has 0 aliphatic heterocycles. The smallest absolute Gasteiger partial charge is 0.338 e. The monoisotopic (exact) mass is 405 g/mol. The van der Waals surface area contributed by atoms with Crippen LogP contribution in [0.1, 0.15) is 27.6 Å². The second kappa shape index (κ2) is 9.14. The van der Waals surface area contributed by atoms with Gasteiger partial charge in [0.2, 0.25) is 0 Å². The van der Waals surface area contributed by atoms with Crippen LogP contribution in [0.4, 0.5) is 5.69 Å². The lowest BCUT2D eigenvalue weighted by Gasteiger charge is -2.08. The van der Waals surface area contributed by atoms with Crippen molar-refractivity contribution in [2.45, 2.75) is 11.8 Å². The Kier molecular flexibility index (Phi) is 6.89. The van der Waals surface area contributed by atoms with Crippen molar-refractivity contribution in [1.82, 2.24) is 0 Å². The van der Waals surface area contributed by atoms with Gasteiger partial charge in [-0.2, -0.15) is 0 Å². The predicted octanol–water partition coefficient (Wildman–Crippen LogP) is 2.06. The second-order valence-corrected chi connectivity index (χ2v) is 7.73. The van der Waals surface area contributed by atoms with Crippen LogP contribution in [0.25, 0.3) is 0 Å². The highest BCUT2D eigenvalue weighted by Crippen LogP contribution is 2.12. The van der Waals surface area contributed by atoms with E-state index in [0.29, 0.717) is 11.3 Å². The van der Waals surface area contributed by atoms with E-state index in [2.05, 4.69) is 5.32 Å². The largest absolute Gasteiger partial charge is 0.462 e. The molecule has 8 nitrogen and oxygen atoms in total. The summed E-state index contributed by atoms with van der Waals surface area (Å²) in [6, 6.07) is 11.3. The molecule has 0 heterocycles. The van der Waals surface area contributed by atoms with Crippen molar-refractivity contribution in [3.8, 4) is 0 Å². The first-order chi connectivity index (χ1) is 13.2. The highest BCUT2D eigenvalue weighted by atomic mass is 32.2. The molecule has 28 heavy (non-hydrogen) atoms. The number of hydrogen-bond acceptors (Lipinski definition) is 7. The van der Waals surface area contributed by atoms with E-state index in [1.807, 2.05) is 0 Å². The van der Waals surface area contributed by atoms with Crippen LogP contribution < -0.4 is 5.32 Å². The van der Waals surface area contributed by atoms with Crippen molar-refractivity contribution in [3.05, 3.63) is 59.7 Å². The first-order valence-electron chi connectivity index (χ1n) is 8.25. The lowest BCUT2D eigenvalue weighted by Crippen LogP contribution is -2.21. The van der Waals surface area contributed by atoms with E-state index < -0.39 is 34.3 Å². The Bertz CT molecular complexity index is 964. The molecule has 0 radical (unpaired) electrons. The number of rotatable bonds is 7. The lowest BCUT2D eigenvalue weighted by molar-refractivity contribution is -0.119. The van der Waals surface area contributed by atoms with Gasteiger partial charge in [-0.15, -0.1) is 0 Å². The number of amides is 1. The highest BCUT2D eigenvalue weighted by Gasteiger charge is 2.13. The van der Waals surface area contributed by atoms with Crippen LogP contribution in [0.2, 0.25) is 0 Å². The molecule has 0 aliphatic carbocycles. The zero-order chi connectivity index (χ0) is 20.7. The van der Waals surface area contributed by atoms with Gasteiger partial charge in [0, 0.05) is 11.9 Å². The van der Waals surface area contributed by atoms with Gasteiger partial charge in [0.1, 0.15) is 0 Å². The van der Waals surface area contributed by atoms with E-state index in [1.54, 1.807) is 6.92 Å². The van der Waals surface area contributed by atoms with E-state index in [-0.39, 0.29) is 17.1 Å². The normalized spacial score (nSPS) is 10.8. The minimum absolute atomic E-state index is 0.0769. The van der Waals surface area contributed by atoms with Crippen molar-refractivity contribution in [2.75, 3.05) is 24.8 Å². The summed E-state index contributed by atoms with van der Waals surface area (Å²) in [5.74, 6) is -1.78. The number of carbonyl (C=O) groups is 3. The molecule has 0 saturated carbocycles. The summed E-state index contributed by atoms with van der Waals surface area (Å²) >= 11 is 0. The molecule has 148 valence electrons. The minimum atomic E-state index is -3.36. The van der Waals surface area contributed by atoms with Crippen LogP contribution in [0.15, 0.2) is 53.4 Å². The Hall–Kier alpha value is -3.20. The molecule has 0 atom stereocenters. The molecule has 1 amide bonds. The van der Waals surface area contributed by atoms with Gasteiger partial charge in [0.05, 0.1) is 22.6 Å². The van der Waals surface area contributed by atoms with Gasteiger partial charge < -0.3 is 14.8 Å².